The number of hydrogen-bond donors (Lipinski definition) is 0. The number of fused-ring (bicyclic) bond motifs is 1. The molecule has 7 heteroatoms. The molecular weight excluding hydrogens is 424 g/mol. The molecule has 0 bridgehead atoms. The number of aromatic nitrogens is 1. The Morgan fingerprint density at radius 2 is 1.94 bits per heavy atom. The molecule has 2 heterocycles. The van der Waals surface area contributed by atoms with Crippen LogP contribution >= 0.6 is 0 Å². The second kappa shape index (κ2) is 9.49. The maximum atomic E-state index is 13.4. The minimum absolute atomic E-state index is 0.207. The third kappa shape index (κ3) is 4.70. The van der Waals surface area contributed by atoms with Crippen LogP contribution < -0.4 is 0 Å². The number of nitrogens with zero attached hydrogens (tertiary/aromatic N) is 2. The van der Waals surface area contributed by atoms with E-state index in [1.807, 2.05) is 22.5 Å². The average molecular weight is 459 g/mol. The van der Waals surface area contributed by atoms with Crippen molar-refractivity contribution in [3.63, 3.8) is 0 Å². The van der Waals surface area contributed by atoms with Gasteiger partial charge in [-0.3, -0.25) is 4.79 Å². The van der Waals surface area contributed by atoms with Crippen LogP contribution in [-0.4, -0.2) is 52.5 Å². The Balaban J connectivity index is 1.71. The zero-order valence-corrected chi connectivity index (χ0v) is 20.4. The Morgan fingerprint density at radius 1 is 1.22 bits per heavy atom. The molecule has 2 aromatic rings. The number of methoxy groups -OCH3 is 1. The van der Waals surface area contributed by atoms with E-state index in [1.54, 1.807) is 0 Å². The predicted octanol–water partition coefficient (Wildman–Crippen LogP) is 3.43. The summed E-state index contributed by atoms with van der Waals surface area (Å²) < 4.78 is 27.9. The van der Waals surface area contributed by atoms with Gasteiger partial charge in [-0.05, 0) is 54.4 Å². The van der Waals surface area contributed by atoms with E-state index >= 15 is 0 Å². The van der Waals surface area contributed by atoms with Gasteiger partial charge in [0, 0.05) is 30.9 Å². The van der Waals surface area contributed by atoms with Crippen LogP contribution in [0.3, 0.4) is 0 Å². The predicted molar refractivity (Wildman–Crippen MR) is 125 cm³/mol. The van der Waals surface area contributed by atoms with E-state index in [0.717, 1.165) is 41.8 Å². The molecule has 1 atom stereocenters. The van der Waals surface area contributed by atoms with Crippen molar-refractivity contribution in [3.05, 3.63) is 52.3 Å². The van der Waals surface area contributed by atoms with Crippen molar-refractivity contribution in [2.45, 2.75) is 57.9 Å². The monoisotopic (exact) mass is 458 g/mol. The first kappa shape index (κ1) is 23.2. The Kier molecular flexibility index (Phi) is 6.89. The number of benzene rings is 1. The zero-order valence-electron chi connectivity index (χ0n) is 19.6. The lowest BCUT2D eigenvalue weighted by Gasteiger charge is -2.31. The maximum Gasteiger partial charge on any atom is 0.325 e. The molecule has 1 saturated heterocycles. The highest BCUT2D eigenvalue weighted by atomic mass is 32.2. The van der Waals surface area contributed by atoms with Crippen LogP contribution in [0.2, 0.25) is 0 Å². The number of carbonyl (C=O) groups is 1. The highest BCUT2D eigenvalue weighted by molar-refractivity contribution is 7.82. The molecule has 1 aliphatic heterocycles. The van der Waals surface area contributed by atoms with Crippen LogP contribution in [0.5, 0.6) is 0 Å². The van der Waals surface area contributed by atoms with Gasteiger partial charge >= 0.3 is 5.97 Å². The summed E-state index contributed by atoms with van der Waals surface area (Å²) >= 11 is 0. The minimum Gasteiger partial charge on any atom is -0.468 e. The van der Waals surface area contributed by atoms with E-state index in [4.69, 9.17) is 9.47 Å². The Hall–Kier alpha value is -1.96. The third-order valence-corrected chi connectivity index (χ3v) is 8.43. The van der Waals surface area contributed by atoms with Gasteiger partial charge in [-0.1, -0.05) is 32.0 Å². The van der Waals surface area contributed by atoms with Crippen LogP contribution in [-0.2, 0) is 51.1 Å². The number of rotatable bonds is 6. The summed E-state index contributed by atoms with van der Waals surface area (Å²) in [5.74, 6) is -0.227. The molecule has 4 rings (SSSR count). The lowest BCUT2D eigenvalue weighted by Crippen LogP contribution is -2.37. The van der Waals surface area contributed by atoms with Crippen LogP contribution in [0.4, 0.5) is 0 Å². The van der Waals surface area contributed by atoms with Crippen LogP contribution in [0.15, 0.2) is 29.2 Å². The summed E-state index contributed by atoms with van der Waals surface area (Å²) in [6.45, 7) is 9.52. The van der Waals surface area contributed by atoms with Gasteiger partial charge < -0.3 is 14.0 Å². The molecule has 0 radical (unpaired) electrons. The number of ether oxygens (including phenoxy) is 2. The van der Waals surface area contributed by atoms with E-state index in [0.29, 0.717) is 26.3 Å². The van der Waals surface area contributed by atoms with Crippen molar-refractivity contribution in [2.24, 2.45) is 5.41 Å². The van der Waals surface area contributed by atoms with Gasteiger partial charge in [-0.15, -0.1) is 0 Å². The molecule has 6 nitrogen and oxygen atoms in total. The highest BCUT2D eigenvalue weighted by Crippen LogP contribution is 2.39. The van der Waals surface area contributed by atoms with E-state index in [1.165, 1.54) is 23.9 Å². The summed E-state index contributed by atoms with van der Waals surface area (Å²) in [6.07, 6.45) is 3.79. The Labute approximate surface area is 193 Å². The standard InChI is InChI=1S/C25H34N2O4S/c1-18-21(20-9-10-25(2,3)16-22(20)27(18)17-24(28)30-4)15-19-7-5-6-8-23(19)32(29)26-11-13-31-14-12-26/h5-8H,9-17H2,1-4H3. The van der Waals surface area contributed by atoms with E-state index in [2.05, 4.69) is 31.4 Å². The van der Waals surface area contributed by atoms with Crippen molar-refractivity contribution < 1.29 is 18.5 Å². The lowest BCUT2D eigenvalue weighted by molar-refractivity contribution is -0.141. The fourth-order valence-electron chi connectivity index (χ4n) is 4.93. The molecule has 0 saturated carbocycles. The highest BCUT2D eigenvalue weighted by Gasteiger charge is 2.32. The molecule has 1 aromatic heterocycles. The molecule has 32 heavy (non-hydrogen) atoms. The maximum absolute atomic E-state index is 13.4. The topological polar surface area (TPSA) is 60.8 Å². The molecule has 1 unspecified atom stereocenters. The van der Waals surface area contributed by atoms with E-state index < -0.39 is 11.0 Å². The second-order valence-corrected chi connectivity index (χ2v) is 11.0. The van der Waals surface area contributed by atoms with Crippen molar-refractivity contribution in [1.82, 2.24) is 8.87 Å². The van der Waals surface area contributed by atoms with Gasteiger partial charge in [0.2, 0.25) is 0 Å². The fraction of sp³-hybridized carbons (Fsp3) is 0.560. The van der Waals surface area contributed by atoms with Crippen molar-refractivity contribution >= 4 is 17.0 Å². The SMILES string of the molecule is COC(=O)Cn1c(C)c(Cc2ccccc2S(=O)N2CCOCC2)c2c1CC(C)(C)CC2. The van der Waals surface area contributed by atoms with Crippen molar-refractivity contribution in [3.8, 4) is 0 Å². The quantitative estimate of drug-likeness (QED) is 0.623. The van der Waals surface area contributed by atoms with Gasteiger partial charge in [0.25, 0.3) is 0 Å². The number of morpholine rings is 1. The molecule has 174 valence electrons. The fourth-order valence-corrected chi connectivity index (χ4v) is 6.25. The molecule has 1 fully saturated rings. The van der Waals surface area contributed by atoms with Gasteiger partial charge in [0.05, 0.1) is 25.2 Å². The largest absolute Gasteiger partial charge is 0.468 e. The minimum atomic E-state index is -1.21. The van der Waals surface area contributed by atoms with Gasteiger partial charge in [-0.2, -0.15) is 0 Å². The first-order valence-corrected chi connectivity index (χ1v) is 12.5. The lowest BCUT2D eigenvalue weighted by atomic mass is 9.76. The first-order valence-electron chi connectivity index (χ1n) is 11.4. The normalized spacial score (nSPS) is 19.4. The first-order chi connectivity index (χ1) is 15.3. The molecule has 1 aliphatic carbocycles. The summed E-state index contributed by atoms with van der Waals surface area (Å²) in [6, 6.07) is 8.05. The molecule has 1 aromatic carbocycles. The van der Waals surface area contributed by atoms with Crippen LogP contribution in [0.1, 0.15) is 48.3 Å². The molecule has 0 amide bonds. The molecular formula is C25H34N2O4S. The Bertz CT molecular complexity index is 1020. The average Bonchev–Trinajstić information content (AvgIpc) is 3.03. The zero-order chi connectivity index (χ0) is 22.9. The van der Waals surface area contributed by atoms with Gasteiger partial charge in [0.15, 0.2) is 0 Å². The van der Waals surface area contributed by atoms with Gasteiger partial charge in [-0.25, -0.2) is 8.51 Å². The molecule has 0 spiro atoms. The van der Waals surface area contributed by atoms with Gasteiger partial charge in [0.1, 0.15) is 17.5 Å². The Morgan fingerprint density at radius 3 is 2.66 bits per heavy atom. The summed E-state index contributed by atoms with van der Waals surface area (Å²) in [4.78, 5) is 13.0. The third-order valence-electron chi connectivity index (χ3n) is 6.83. The second-order valence-electron chi connectivity index (χ2n) is 9.57. The number of carbonyl (C=O) groups excluding carboxylic acids is 1. The van der Waals surface area contributed by atoms with E-state index in [-0.39, 0.29) is 17.9 Å². The van der Waals surface area contributed by atoms with E-state index in [9.17, 15) is 9.00 Å². The smallest absolute Gasteiger partial charge is 0.325 e. The van der Waals surface area contributed by atoms with Crippen molar-refractivity contribution in [2.75, 3.05) is 33.4 Å². The number of esters is 1. The summed E-state index contributed by atoms with van der Waals surface area (Å²) in [7, 11) is 0.233. The van der Waals surface area contributed by atoms with Crippen LogP contribution in [0.25, 0.3) is 0 Å². The van der Waals surface area contributed by atoms with Crippen molar-refractivity contribution in [1.29, 1.82) is 0 Å². The number of hydrogen-bond acceptors (Lipinski definition) is 4. The van der Waals surface area contributed by atoms with Crippen LogP contribution in [0, 0.1) is 12.3 Å². The summed E-state index contributed by atoms with van der Waals surface area (Å²) in [5.41, 5.74) is 6.29. The molecule has 0 N–H and O–H groups in total. The summed E-state index contributed by atoms with van der Waals surface area (Å²) in [5, 5.41) is 0. The molecule has 2 aliphatic rings.